The number of aromatic nitrogens is 1. The van der Waals surface area contributed by atoms with Crippen molar-refractivity contribution in [2.75, 3.05) is 29.5 Å². The molecule has 0 amide bonds. The Bertz CT molecular complexity index is 368. The van der Waals surface area contributed by atoms with E-state index < -0.39 is 10.8 Å². The number of hydrogen-bond donors (Lipinski definition) is 0. The Hall–Kier alpha value is -1.23. The van der Waals surface area contributed by atoms with Crippen LogP contribution in [0.1, 0.15) is 10.4 Å². The van der Waals surface area contributed by atoms with Crippen LogP contribution in [0.2, 0.25) is 0 Å². The first-order valence-corrected chi connectivity index (χ1v) is 6.29. The van der Waals surface area contributed by atoms with E-state index in [1.807, 2.05) is 6.07 Å². The first-order chi connectivity index (χ1) is 7.29. The van der Waals surface area contributed by atoms with Crippen LogP contribution in [-0.4, -0.2) is 40.1 Å². The molecule has 0 aliphatic carbocycles. The van der Waals surface area contributed by atoms with Gasteiger partial charge >= 0.3 is 0 Å². The van der Waals surface area contributed by atoms with E-state index in [-0.39, 0.29) is 0 Å². The molecule has 5 heteroatoms. The average Bonchev–Trinajstić information content (AvgIpc) is 2.30. The minimum Gasteiger partial charge on any atom is -0.355 e. The molecule has 0 spiro atoms. The average molecular weight is 224 g/mol. The maximum Gasteiger partial charge on any atom is 0.151 e. The Morgan fingerprint density at radius 2 is 2.07 bits per heavy atom. The first-order valence-electron chi connectivity index (χ1n) is 4.81. The minimum atomic E-state index is -0.666. The number of pyridine rings is 1. The third-order valence-electron chi connectivity index (χ3n) is 2.41. The smallest absolute Gasteiger partial charge is 0.151 e. The predicted octanol–water partition coefficient (Wildman–Crippen LogP) is 0.463. The third kappa shape index (κ3) is 2.41. The molecule has 1 saturated heterocycles. The second kappa shape index (κ2) is 4.53. The number of hydrogen-bond acceptors (Lipinski definition) is 4. The number of nitrogens with zero attached hydrogens (tertiary/aromatic N) is 2. The minimum absolute atomic E-state index is 0.583. The van der Waals surface area contributed by atoms with Crippen molar-refractivity contribution in [3.63, 3.8) is 0 Å². The highest BCUT2D eigenvalue weighted by atomic mass is 32.2. The molecule has 1 aromatic heterocycles. The third-order valence-corrected chi connectivity index (χ3v) is 3.68. The maximum absolute atomic E-state index is 11.2. The summed E-state index contributed by atoms with van der Waals surface area (Å²) in [6.07, 6.45) is 2.34. The quantitative estimate of drug-likeness (QED) is 0.685. The first kappa shape index (κ1) is 10.3. The molecular weight excluding hydrogens is 212 g/mol. The predicted molar refractivity (Wildman–Crippen MR) is 59.7 cm³/mol. The van der Waals surface area contributed by atoms with Crippen LogP contribution in [0, 0.1) is 0 Å². The van der Waals surface area contributed by atoms with Gasteiger partial charge in [0.05, 0.1) is 0 Å². The Morgan fingerprint density at radius 1 is 1.33 bits per heavy atom. The van der Waals surface area contributed by atoms with Crippen LogP contribution in [0.4, 0.5) is 5.82 Å². The Labute approximate surface area is 90.8 Å². The van der Waals surface area contributed by atoms with Crippen molar-refractivity contribution in [1.82, 2.24) is 4.98 Å². The monoisotopic (exact) mass is 224 g/mol. The summed E-state index contributed by atoms with van der Waals surface area (Å²) in [6.45, 7) is 1.56. The maximum atomic E-state index is 11.2. The summed E-state index contributed by atoms with van der Waals surface area (Å²) in [5.74, 6) is 2.27. The lowest BCUT2D eigenvalue weighted by Crippen LogP contribution is -2.38. The van der Waals surface area contributed by atoms with Crippen molar-refractivity contribution in [3.05, 3.63) is 23.9 Å². The zero-order chi connectivity index (χ0) is 10.7. The van der Waals surface area contributed by atoms with Crippen LogP contribution in [0.3, 0.4) is 0 Å². The molecule has 2 rings (SSSR count). The fourth-order valence-corrected chi connectivity index (χ4v) is 2.57. The summed E-state index contributed by atoms with van der Waals surface area (Å²) in [6, 6.07) is 3.58. The summed E-state index contributed by atoms with van der Waals surface area (Å²) in [4.78, 5) is 16.7. The SMILES string of the molecule is O=Cc1ccc(N2CCS(=O)CC2)nc1. The Kier molecular flexibility index (Phi) is 3.11. The van der Waals surface area contributed by atoms with Gasteiger partial charge in [-0.05, 0) is 12.1 Å². The van der Waals surface area contributed by atoms with Gasteiger partial charge in [0.2, 0.25) is 0 Å². The van der Waals surface area contributed by atoms with Crippen molar-refractivity contribution < 1.29 is 9.00 Å². The molecule has 0 atom stereocenters. The van der Waals surface area contributed by atoms with Crippen molar-refractivity contribution in [3.8, 4) is 0 Å². The lowest BCUT2D eigenvalue weighted by atomic mass is 10.3. The van der Waals surface area contributed by atoms with Gasteiger partial charge in [0, 0.05) is 47.2 Å². The zero-order valence-electron chi connectivity index (χ0n) is 8.26. The highest BCUT2D eigenvalue weighted by molar-refractivity contribution is 7.85. The Balaban J connectivity index is 2.09. The topological polar surface area (TPSA) is 50.3 Å². The van der Waals surface area contributed by atoms with Gasteiger partial charge in [-0.2, -0.15) is 0 Å². The zero-order valence-corrected chi connectivity index (χ0v) is 9.07. The fourth-order valence-electron chi connectivity index (χ4n) is 1.52. The molecule has 2 heterocycles. The normalized spacial score (nSPS) is 17.7. The summed E-state index contributed by atoms with van der Waals surface area (Å²) >= 11 is 0. The van der Waals surface area contributed by atoms with Gasteiger partial charge in [-0.25, -0.2) is 4.98 Å². The van der Waals surface area contributed by atoms with Crippen molar-refractivity contribution in [2.45, 2.75) is 0 Å². The van der Waals surface area contributed by atoms with E-state index in [1.54, 1.807) is 12.3 Å². The molecule has 0 bridgehead atoms. The molecule has 1 fully saturated rings. The number of aldehydes is 1. The standard InChI is InChI=1S/C10H12N2O2S/c13-8-9-1-2-10(11-7-9)12-3-5-15(14)6-4-12/h1-2,7-8H,3-6H2. The number of carbonyl (C=O) groups excluding carboxylic acids is 1. The van der Waals surface area contributed by atoms with Gasteiger partial charge in [-0.1, -0.05) is 0 Å². The van der Waals surface area contributed by atoms with E-state index in [1.165, 1.54) is 0 Å². The molecule has 0 unspecified atom stereocenters. The van der Waals surface area contributed by atoms with Gasteiger partial charge in [0.25, 0.3) is 0 Å². The number of rotatable bonds is 2. The van der Waals surface area contributed by atoms with Crippen LogP contribution in [0.15, 0.2) is 18.3 Å². The van der Waals surface area contributed by atoms with E-state index in [2.05, 4.69) is 9.88 Å². The molecule has 0 N–H and O–H groups in total. The van der Waals surface area contributed by atoms with Crippen LogP contribution in [-0.2, 0) is 10.8 Å². The lowest BCUT2D eigenvalue weighted by Gasteiger charge is -2.27. The van der Waals surface area contributed by atoms with Crippen LogP contribution < -0.4 is 4.90 Å². The van der Waals surface area contributed by atoms with E-state index in [0.29, 0.717) is 17.1 Å². The van der Waals surface area contributed by atoms with Crippen LogP contribution in [0.5, 0.6) is 0 Å². The molecule has 1 aliphatic heterocycles. The van der Waals surface area contributed by atoms with Crippen molar-refractivity contribution >= 4 is 22.9 Å². The molecule has 1 aliphatic rings. The molecule has 15 heavy (non-hydrogen) atoms. The van der Waals surface area contributed by atoms with E-state index >= 15 is 0 Å². The van der Waals surface area contributed by atoms with Crippen molar-refractivity contribution in [2.24, 2.45) is 0 Å². The van der Waals surface area contributed by atoms with Crippen molar-refractivity contribution in [1.29, 1.82) is 0 Å². The molecule has 0 saturated carbocycles. The molecule has 4 nitrogen and oxygen atoms in total. The molecule has 0 radical (unpaired) electrons. The summed E-state index contributed by atoms with van der Waals surface area (Å²) in [5.41, 5.74) is 0.583. The van der Waals surface area contributed by atoms with Gasteiger partial charge in [0.15, 0.2) is 6.29 Å². The highest BCUT2D eigenvalue weighted by Crippen LogP contribution is 2.13. The highest BCUT2D eigenvalue weighted by Gasteiger charge is 2.15. The fraction of sp³-hybridized carbons (Fsp3) is 0.400. The molecular formula is C10H12N2O2S. The van der Waals surface area contributed by atoms with Crippen LogP contribution >= 0.6 is 0 Å². The van der Waals surface area contributed by atoms with Gasteiger partial charge < -0.3 is 4.90 Å². The van der Waals surface area contributed by atoms with Gasteiger partial charge in [0.1, 0.15) is 5.82 Å². The van der Waals surface area contributed by atoms with Gasteiger partial charge in [-0.15, -0.1) is 0 Å². The number of carbonyl (C=O) groups is 1. The van der Waals surface area contributed by atoms with E-state index in [0.717, 1.165) is 25.2 Å². The van der Waals surface area contributed by atoms with E-state index in [4.69, 9.17) is 0 Å². The summed E-state index contributed by atoms with van der Waals surface area (Å²) in [7, 11) is -0.666. The summed E-state index contributed by atoms with van der Waals surface area (Å²) in [5, 5.41) is 0. The summed E-state index contributed by atoms with van der Waals surface area (Å²) < 4.78 is 11.2. The van der Waals surface area contributed by atoms with Crippen LogP contribution in [0.25, 0.3) is 0 Å². The van der Waals surface area contributed by atoms with E-state index in [9.17, 15) is 9.00 Å². The molecule has 80 valence electrons. The van der Waals surface area contributed by atoms with Gasteiger partial charge in [-0.3, -0.25) is 9.00 Å². The second-order valence-corrected chi connectivity index (χ2v) is 5.10. The number of anilines is 1. The molecule has 1 aromatic rings. The molecule has 0 aromatic carbocycles. The second-order valence-electron chi connectivity index (χ2n) is 3.40. The lowest BCUT2D eigenvalue weighted by molar-refractivity contribution is 0.112. The largest absolute Gasteiger partial charge is 0.355 e. The Morgan fingerprint density at radius 3 is 2.60 bits per heavy atom.